The zero-order chi connectivity index (χ0) is 11.1. The van der Waals surface area contributed by atoms with Gasteiger partial charge in [-0.05, 0) is 36.3 Å². The summed E-state index contributed by atoms with van der Waals surface area (Å²) in [6, 6.07) is 8.66. The Labute approximate surface area is 95.2 Å². The normalized spacial score (nSPS) is 27.4. The number of amides is 2. The highest BCUT2D eigenvalue weighted by Gasteiger charge is 2.35. The summed E-state index contributed by atoms with van der Waals surface area (Å²) in [7, 11) is 0. The van der Waals surface area contributed by atoms with Gasteiger partial charge in [0.15, 0.2) is 0 Å². The van der Waals surface area contributed by atoms with Crippen molar-refractivity contribution in [2.45, 2.75) is 31.2 Å². The van der Waals surface area contributed by atoms with Gasteiger partial charge >= 0.3 is 6.03 Å². The van der Waals surface area contributed by atoms with Crippen molar-refractivity contribution in [2.24, 2.45) is 5.73 Å². The number of benzene rings is 1. The fourth-order valence-corrected chi connectivity index (χ4v) is 3.19. The molecule has 3 rings (SSSR count). The predicted molar refractivity (Wildman–Crippen MR) is 62.2 cm³/mol. The van der Waals surface area contributed by atoms with Crippen LogP contribution in [0.5, 0.6) is 0 Å². The van der Waals surface area contributed by atoms with E-state index in [2.05, 4.69) is 24.3 Å². The van der Waals surface area contributed by atoms with Crippen molar-refractivity contribution in [3.63, 3.8) is 0 Å². The highest BCUT2D eigenvalue weighted by molar-refractivity contribution is 5.72. The molecule has 0 spiro atoms. The minimum Gasteiger partial charge on any atom is -0.351 e. The average Bonchev–Trinajstić information content (AvgIpc) is 2.29. The summed E-state index contributed by atoms with van der Waals surface area (Å²) < 4.78 is 0. The van der Waals surface area contributed by atoms with Crippen molar-refractivity contribution in [2.75, 3.05) is 6.54 Å². The van der Waals surface area contributed by atoms with E-state index in [0.29, 0.717) is 12.0 Å². The second-order valence-corrected chi connectivity index (χ2v) is 4.81. The van der Waals surface area contributed by atoms with Crippen LogP contribution in [0.4, 0.5) is 4.79 Å². The monoisotopic (exact) mass is 216 g/mol. The standard InChI is InChI=1S/C13H16N2O/c14-13(16)15-6-5-10-8-11(15)7-9-3-1-2-4-12(9)10/h1-4,10-11H,5-8H2,(H2,14,16)/t10-,11+/m0/s1. The van der Waals surface area contributed by atoms with Crippen LogP contribution >= 0.6 is 0 Å². The summed E-state index contributed by atoms with van der Waals surface area (Å²) >= 11 is 0. The maximum atomic E-state index is 11.3. The minimum absolute atomic E-state index is 0.261. The number of hydrogen-bond acceptors (Lipinski definition) is 1. The molecular weight excluding hydrogens is 200 g/mol. The van der Waals surface area contributed by atoms with E-state index in [1.54, 1.807) is 0 Å². The summed E-state index contributed by atoms with van der Waals surface area (Å²) in [5, 5.41) is 0. The first-order valence-electron chi connectivity index (χ1n) is 5.89. The number of hydrogen-bond donors (Lipinski definition) is 1. The van der Waals surface area contributed by atoms with E-state index in [9.17, 15) is 4.79 Å². The molecule has 0 radical (unpaired) electrons. The van der Waals surface area contributed by atoms with E-state index in [1.807, 2.05) is 4.90 Å². The highest BCUT2D eigenvalue weighted by atomic mass is 16.2. The van der Waals surface area contributed by atoms with E-state index in [1.165, 1.54) is 11.1 Å². The second kappa shape index (κ2) is 3.51. The van der Waals surface area contributed by atoms with Crippen LogP contribution in [0.2, 0.25) is 0 Å². The van der Waals surface area contributed by atoms with Crippen LogP contribution in [-0.2, 0) is 6.42 Å². The molecule has 1 aromatic rings. The minimum atomic E-state index is -0.261. The first-order chi connectivity index (χ1) is 7.75. The van der Waals surface area contributed by atoms with Crippen LogP contribution in [-0.4, -0.2) is 23.5 Å². The number of likely N-dealkylation sites (tertiary alicyclic amines) is 1. The van der Waals surface area contributed by atoms with Gasteiger partial charge in [0, 0.05) is 12.6 Å². The maximum absolute atomic E-state index is 11.3. The van der Waals surface area contributed by atoms with Gasteiger partial charge in [-0.2, -0.15) is 0 Å². The third kappa shape index (κ3) is 1.39. The van der Waals surface area contributed by atoms with Gasteiger partial charge in [0.25, 0.3) is 0 Å². The lowest BCUT2D eigenvalue weighted by atomic mass is 9.75. The van der Waals surface area contributed by atoms with Gasteiger partial charge in [-0.3, -0.25) is 0 Å². The molecule has 1 saturated heterocycles. The Morgan fingerprint density at radius 2 is 2.19 bits per heavy atom. The van der Waals surface area contributed by atoms with Crippen molar-refractivity contribution in [3.05, 3.63) is 35.4 Å². The van der Waals surface area contributed by atoms with E-state index >= 15 is 0 Å². The quantitative estimate of drug-likeness (QED) is 0.707. The Balaban J connectivity index is 1.95. The lowest BCUT2D eigenvalue weighted by Gasteiger charge is -2.43. The first-order valence-corrected chi connectivity index (χ1v) is 5.89. The maximum Gasteiger partial charge on any atom is 0.315 e. The number of nitrogens with zero attached hydrogens (tertiary/aromatic N) is 1. The zero-order valence-electron chi connectivity index (χ0n) is 9.23. The van der Waals surface area contributed by atoms with Crippen molar-refractivity contribution in [1.82, 2.24) is 4.90 Å². The number of piperidine rings is 1. The second-order valence-electron chi connectivity index (χ2n) is 4.81. The molecule has 3 heteroatoms. The molecule has 2 amide bonds. The van der Waals surface area contributed by atoms with Gasteiger partial charge in [-0.15, -0.1) is 0 Å². The lowest BCUT2D eigenvalue weighted by Crippen LogP contribution is -2.50. The number of nitrogens with two attached hydrogens (primary N) is 1. The van der Waals surface area contributed by atoms with Crippen molar-refractivity contribution >= 4 is 6.03 Å². The first kappa shape index (κ1) is 9.70. The Hall–Kier alpha value is -1.51. The molecule has 2 atom stereocenters. The van der Waals surface area contributed by atoms with E-state index in [-0.39, 0.29) is 6.03 Å². The fourth-order valence-electron chi connectivity index (χ4n) is 3.19. The van der Waals surface area contributed by atoms with E-state index in [4.69, 9.17) is 5.73 Å². The number of fused-ring (bicyclic) bond motifs is 4. The average molecular weight is 216 g/mol. The van der Waals surface area contributed by atoms with Crippen LogP contribution in [0.1, 0.15) is 29.9 Å². The molecule has 2 aliphatic rings. The largest absolute Gasteiger partial charge is 0.351 e. The summed E-state index contributed by atoms with van der Waals surface area (Å²) in [4.78, 5) is 13.2. The highest BCUT2D eigenvalue weighted by Crippen LogP contribution is 2.39. The van der Waals surface area contributed by atoms with E-state index < -0.39 is 0 Å². The van der Waals surface area contributed by atoms with Gasteiger partial charge in [0.2, 0.25) is 0 Å². The molecule has 1 fully saturated rings. The van der Waals surface area contributed by atoms with Crippen molar-refractivity contribution < 1.29 is 4.79 Å². The molecule has 2 bridgehead atoms. The third-order valence-corrected chi connectivity index (χ3v) is 3.95. The molecule has 1 aliphatic carbocycles. The molecular formula is C13H16N2O. The number of urea groups is 1. The summed E-state index contributed by atoms with van der Waals surface area (Å²) in [5.74, 6) is 0.630. The smallest absolute Gasteiger partial charge is 0.315 e. The number of carbonyl (C=O) groups excluding carboxylic acids is 1. The van der Waals surface area contributed by atoms with E-state index in [0.717, 1.165) is 25.8 Å². The van der Waals surface area contributed by atoms with Crippen LogP contribution in [0.3, 0.4) is 0 Å². The molecule has 0 aromatic heterocycles. The summed E-state index contributed by atoms with van der Waals surface area (Å²) in [6.07, 6.45) is 3.10. The van der Waals surface area contributed by atoms with Crippen LogP contribution < -0.4 is 5.73 Å². The SMILES string of the molecule is NC(=O)N1CC[C@H]2C[C@H]1Cc1ccccc12. The molecule has 1 aromatic carbocycles. The predicted octanol–water partition coefficient (Wildman–Crippen LogP) is 1.87. The summed E-state index contributed by atoms with van der Waals surface area (Å²) in [6.45, 7) is 0.818. The van der Waals surface area contributed by atoms with Crippen molar-refractivity contribution in [1.29, 1.82) is 0 Å². The van der Waals surface area contributed by atoms with Crippen LogP contribution in [0.15, 0.2) is 24.3 Å². The summed E-state index contributed by atoms with van der Waals surface area (Å²) in [5.41, 5.74) is 8.30. The zero-order valence-corrected chi connectivity index (χ0v) is 9.23. The Bertz CT molecular complexity index is 430. The Morgan fingerprint density at radius 1 is 1.38 bits per heavy atom. The van der Waals surface area contributed by atoms with Gasteiger partial charge in [0.05, 0.1) is 0 Å². The molecule has 84 valence electrons. The van der Waals surface area contributed by atoms with Crippen LogP contribution in [0, 0.1) is 0 Å². The van der Waals surface area contributed by atoms with Gasteiger partial charge in [0.1, 0.15) is 0 Å². The molecule has 1 aliphatic heterocycles. The number of carbonyl (C=O) groups is 1. The molecule has 1 heterocycles. The molecule has 0 unspecified atom stereocenters. The molecule has 0 saturated carbocycles. The molecule has 2 N–H and O–H groups in total. The van der Waals surface area contributed by atoms with Gasteiger partial charge < -0.3 is 10.6 Å². The van der Waals surface area contributed by atoms with Crippen molar-refractivity contribution in [3.8, 4) is 0 Å². The van der Waals surface area contributed by atoms with Gasteiger partial charge in [-0.25, -0.2) is 4.79 Å². The van der Waals surface area contributed by atoms with Gasteiger partial charge in [-0.1, -0.05) is 24.3 Å². The molecule has 16 heavy (non-hydrogen) atoms. The fraction of sp³-hybridized carbons (Fsp3) is 0.462. The number of primary amides is 1. The topological polar surface area (TPSA) is 46.3 Å². The Morgan fingerprint density at radius 3 is 3.00 bits per heavy atom. The Kier molecular flexibility index (Phi) is 2.13. The number of rotatable bonds is 0. The third-order valence-electron chi connectivity index (χ3n) is 3.95. The molecule has 3 nitrogen and oxygen atoms in total. The lowest BCUT2D eigenvalue weighted by molar-refractivity contribution is 0.143. The van der Waals surface area contributed by atoms with Crippen LogP contribution in [0.25, 0.3) is 0 Å².